The molecule has 0 fully saturated rings. The Balaban J connectivity index is 1.87. The van der Waals surface area contributed by atoms with Gasteiger partial charge in [-0.1, -0.05) is 6.07 Å². The Morgan fingerprint density at radius 1 is 1.06 bits per heavy atom. The lowest BCUT2D eigenvalue weighted by atomic mass is 10.3. The fraction of sp³-hybridized carbons (Fsp3) is 0.235. The van der Waals surface area contributed by atoms with Crippen molar-refractivity contribution in [3.63, 3.8) is 0 Å². The lowest BCUT2D eigenvalue weighted by molar-refractivity contribution is -0.385. The van der Waals surface area contributed by atoms with E-state index in [1.54, 1.807) is 0 Å². The fourth-order valence-corrected chi connectivity index (χ4v) is 4.56. The third kappa shape index (κ3) is 6.52. The SMILES string of the molecule is CN(CC(=O)NCCNS(=O)(=O)c1cccc([N+](=O)[O-])c1)S(=O)(=O)c1ccc(F)cc1. The Hall–Kier alpha value is -2.94. The average molecular weight is 474 g/mol. The third-order valence-electron chi connectivity index (χ3n) is 3.97. The van der Waals surface area contributed by atoms with Crippen LogP contribution < -0.4 is 10.0 Å². The van der Waals surface area contributed by atoms with E-state index in [0.717, 1.165) is 40.7 Å². The minimum absolute atomic E-state index is 0.155. The molecule has 31 heavy (non-hydrogen) atoms. The molecule has 0 radical (unpaired) electrons. The molecule has 0 aliphatic rings. The molecule has 11 nitrogen and oxygen atoms in total. The highest BCUT2D eigenvalue weighted by Gasteiger charge is 2.23. The standard InChI is InChI=1S/C17H19FN4O7S2/c1-21(31(28,29)15-7-5-13(18)6-8-15)12-17(23)19-9-10-20-30(26,27)16-4-2-3-14(11-16)22(24)25/h2-8,11,20H,9-10,12H2,1H3,(H,19,23). The van der Waals surface area contributed by atoms with Gasteiger partial charge in [0.1, 0.15) is 5.82 Å². The smallest absolute Gasteiger partial charge is 0.270 e. The number of non-ortho nitro benzene ring substituents is 1. The summed E-state index contributed by atoms with van der Waals surface area (Å²) in [7, 11) is -6.89. The van der Waals surface area contributed by atoms with Crippen molar-refractivity contribution in [2.45, 2.75) is 9.79 Å². The van der Waals surface area contributed by atoms with Crippen molar-refractivity contribution in [1.29, 1.82) is 0 Å². The molecule has 0 unspecified atom stereocenters. The molecule has 0 spiro atoms. The van der Waals surface area contributed by atoms with Crippen LogP contribution in [0.15, 0.2) is 58.3 Å². The number of halogens is 1. The molecule has 1 amide bonds. The van der Waals surface area contributed by atoms with E-state index in [0.29, 0.717) is 0 Å². The second-order valence-corrected chi connectivity index (χ2v) is 10.0. The molecule has 0 saturated heterocycles. The van der Waals surface area contributed by atoms with E-state index < -0.39 is 43.2 Å². The second kappa shape index (κ2) is 9.91. The van der Waals surface area contributed by atoms with Gasteiger partial charge in [0, 0.05) is 32.3 Å². The molecule has 0 aliphatic heterocycles. The molecule has 2 aromatic rings. The summed E-state index contributed by atoms with van der Waals surface area (Å²) in [5, 5.41) is 13.1. The third-order valence-corrected chi connectivity index (χ3v) is 7.24. The molecule has 0 aliphatic carbocycles. The molecule has 2 aromatic carbocycles. The van der Waals surface area contributed by atoms with Gasteiger partial charge in [-0.05, 0) is 30.3 Å². The van der Waals surface area contributed by atoms with Crippen LogP contribution in [0.5, 0.6) is 0 Å². The number of hydrogen-bond donors (Lipinski definition) is 2. The maximum absolute atomic E-state index is 13.0. The van der Waals surface area contributed by atoms with E-state index >= 15 is 0 Å². The largest absolute Gasteiger partial charge is 0.354 e. The minimum atomic E-state index is -4.04. The summed E-state index contributed by atoms with van der Waals surface area (Å²) < 4.78 is 65.0. The molecule has 2 rings (SSSR count). The van der Waals surface area contributed by atoms with Gasteiger partial charge >= 0.3 is 0 Å². The molecular weight excluding hydrogens is 455 g/mol. The van der Waals surface area contributed by atoms with Crippen LogP contribution in [0.25, 0.3) is 0 Å². The zero-order chi connectivity index (χ0) is 23.2. The molecule has 0 heterocycles. The molecular formula is C17H19FN4O7S2. The van der Waals surface area contributed by atoms with E-state index in [-0.39, 0.29) is 28.6 Å². The van der Waals surface area contributed by atoms with Crippen LogP contribution in [0.1, 0.15) is 0 Å². The zero-order valence-electron chi connectivity index (χ0n) is 16.2. The van der Waals surface area contributed by atoms with Crippen LogP contribution in [-0.4, -0.2) is 58.7 Å². The first kappa shape index (κ1) is 24.3. The van der Waals surface area contributed by atoms with Gasteiger partial charge in [0.05, 0.1) is 21.3 Å². The van der Waals surface area contributed by atoms with E-state index in [1.165, 1.54) is 19.2 Å². The maximum Gasteiger partial charge on any atom is 0.270 e. The Kier molecular flexibility index (Phi) is 7.78. The van der Waals surface area contributed by atoms with Gasteiger partial charge in [0.25, 0.3) is 5.69 Å². The number of hydrogen-bond acceptors (Lipinski definition) is 7. The Labute approximate surface area is 178 Å². The number of nitro benzene ring substituents is 1. The lowest BCUT2D eigenvalue weighted by Crippen LogP contribution is -2.41. The molecule has 168 valence electrons. The van der Waals surface area contributed by atoms with Gasteiger partial charge in [0.2, 0.25) is 26.0 Å². The van der Waals surface area contributed by atoms with E-state index in [2.05, 4.69) is 10.0 Å². The van der Waals surface area contributed by atoms with Gasteiger partial charge < -0.3 is 5.32 Å². The van der Waals surface area contributed by atoms with E-state index in [1.807, 2.05) is 0 Å². The average Bonchev–Trinajstić information content (AvgIpc) is 2.71. The molecule has 14 heteroatoms. The number of likely N-dealkylation sites (N-methyl/N-ethyl adjacent to an activating group) is 1. The highest BCUT2D eigenvalue weighted by Crippen LogP contribution is 2.17. The number of sulfonamides is 2. The summed E-state index contributed by atoms with van der Waals surface area (Å²) in [5.41, 5.74) is -0.387. The summed E-state index contributed by atoms with van der Waals surface area (Å²) in [6, 6.07) is 8.56. The zero-order valence-corrected chi connectivity index (χ0v) is 17.8. The van der Waals surface area contributed by atoms with Gasteiger partial charge in [-0.15, -0.1) is 0 Å². The number of rotatable bonds is 10. The first-order chi connectivity index (χ1) is 14.4. The van der Waals surface area contributed by atoms with Crippen LogP contribution in [0.3, 0.4) is 0 Å². The van der Waals surface area contributed by atoms with Crippen molar-refractivity contribution in [3.05, 3.63) is 64.5 Å². The number of carbonyl (C=O) groups excluding carboxylic acids is 1. The van der Waals surface area contributed by atoms with Crippen LogP contribution in [0, 0.1) is 15.9 Å². The molecule has 0 saturated carbocycles. The predicted molar refractivity (Wildman–Crippen MR) is 108 cm³/mol. The van der Waals surface area contributed by atoms with Gasteiger partial charge in [-0.25, -0.2) is 25.9 Å². The van der Waals surface area contributed by atoms with Gasteiger partial charge in [0.15, 0.2) is 0 Å². The summed E-state index contributed by atoms with van der Waals surface area (Å²) in [6.45, 7) is -0.931. The summed E-state index contributed by atoms with van der Waals surface area (Å²) >= 11 is 0. The minimum Gasteiger partial charge on any atom is -0.354 e. The highest BCUT2D eigenvalue weighted by atomic mass is 32.2. The lowest BCUT2D eigenvalue weighted by Gasteiger charge is -2.17. The Bertz CT molecular complexity index is 1170. The molecule has 0 atom stereocenters. The van der Waals surface area contributed by atoms with Crippen molar-refractivity contribution in [1.82, 2.24) is 14.3 Å². The number of nitro groups is 1. The van der Waals surface area contributed by atoms with Crippen LogP contribution in [-0.2, 0) is 24.8 Å². The number of nitrogens with zero attached hydrogens (tertiary/aromatic N) is 2. The highest BCUT2D eigenvalue weighted by molar-refractivity contribution is 7.89. The van der Waals surface area contributed by atoms with Crippen LogP contribution in [0.2, 0.25) is 0 Å². The monoisotopic (exact) mass is 474 g/mol. The first-order valence-corrected chi connectivity index (χ1v) is 11.6. The van der Waals surface area contributed by atoms with E-state index in [9.17, 15) is 36.1 Å². The molecule has 0 aromatic heterocycles. The summed E-state index contributed by atoms with van der Waals surface area (Å²) in [5.74, 6) is -1.30. The van der Waals surface area contributed by atoms with Crippen molar-refractivity contribution in [2.24, 2.45) is 0 Å². The maximum atomic E-state index is 13.0. The van der Waals surface area contributed by atoms with Crippen molar-refractivity contribution < 1.29 is 30.9 Å². The summed E-state index contributed by atoms with van der Waals surface area (Å²) in [6.07, 6.45) is 0. The predicted octanol–water partition coefficient (Wildman–Crippen LogP) is 0.449. The van der Waals surface area contributed by atoms with E-state index in [4.69, 9.17) is 0 Å². The molecule has 2 N–H and O–H groups in total. The topological polar surface area (TPSA) is 156 Å². The number of carbonyl (C=O) groups is 1. The first-order valence-electron chi connectivity index (χ1n) is 8.66. The van der Waals surface area contributed by atoms with Crippen molar-refractivity contribution in [3.8, 4) is 0 Å². The normalized spacial score (nSPS) is 12.0. The van der Waals surface area contributed by atoms with Crippen LogP contribution >= 0.6 is 0 Å². The number of benzene rings is 2. The van der Waals surface area contributed by atoms with Gasteiger partial charge in [-0.3, -0.25) is 14.9 Å². The summed E-state index contributed by atoms with van der Waals surface area (Å²) in [4.78, 5) is 21.5. The number of amides is 1. The second-order valence-electron chi connectivity index (χ2n) is 6.22. The Morgan fingerprint density at radius 3 is 2.32 bits per heavy atom. The van der Waals surface area contributed by atoms with Crippen molar-refractivity contribution in [2.75, 3.05) is 26.7 Å². The number of nitrogens with one attached hydrogen (secondary N) is 2. The van der Waals surface area contributed by atoms with Crippen molar-refractivity contribution >= 4 is 31.6 Å². The van der Waals surface area contributed by atoms with Gasteiger partial charge in [-0.2, -0.15) is 4.31 Å². The quantitative estimate of drug-likeness (QED) is 0.288. The Morgan fingerprint density at radius 2 is 1.71 bits per heavy atom. The molecule has 0 bridgehead atoms. The van der Waals surface area contributed by atoms with Crippen LogP contribution in [0.4, 0.5) is 10.1 Å². The fourth-order valence-electron chi connectivity index (χ4n) is 2.36.